The molecule has 0 aromatic heterocycles. The van der Waals surface area contributed by atoms with Crippen LogP contribution in [0.15, 0.2) is 18.2 Å². The number of aliphatic hydroxyl groups is 1. The minimum absolute atomic E-state index is 0.0634. The fourth-order valence-corrected chi connectivity index (χ4v) is 4.31. The van der Waals surface area contributed by atoms with E-state index in [1.165, 1.54) is 0 Å². The van der Waals surface area contributed by atoms with Gasteiger partial charge >= 0.3 is 18.4 Å². The number of hydrogen-bond donors (Lipinski definition) is 1. The maximum Gasteiger partial charge on any atom is 0.434 e. The summed E-state index contributed by atoms with van der Waals surface area (Å²) in [5, 5.41) is 9.93. The first-order chi connectivity index (χ1) is 15.9. The van der Waals surface area contributed by atoms with E-state index < -0.39 is 24.5 Å². The lowest BCUT2D eigenvalue weighted by Crippen LogP contribution is -2.52. The molecule has 2 saturated heterocycles. The molecule has 13 heteroatoms. The number of piperazine rings is 1. The number of nitrogens with zero attached hydrogens (tertiary/aromatic N) is 3. The van der Waals surface area contributed by atoms with Crippen LogP contribution in [0.5, 0.6) is 0 Å². The van der Waals surface area contributed by atoms with Crippen molar-refractivity contribution >= 4 is 23.4 Å². The summed E-state index contributed by atoms with van der Waals surface area (Å²) in [6, 6.07) is 5.49. The summed E-state index contributed by atoms with van der Waals surface area (Å²) in [4.78, 5) is 17.0. The number of carbonyl (C=O) groups is 1. The van der Waals surface area contributed by atoms with Crippen molar-refractivity contribution in [2.24, 2.45) is 5.92 Å². The second kappa shape index (κ2) is 10.8. The zero-order chi connectivity index (χ0) is 25.1. The van der Waals surface area contributed by atoms with E-state index in [1.807, 2.05) is 17.0 Å². The molecule has 192 valence electrons. The highest BCUT2D eigenvalue weighted by Gasteiger charge is 2.60. The van der Waals surface area contributed by atoms with Crippen LogP contribution in [0, 0.1) is 5.92 Å². The normalized spacial score (nSPS) is 19.1. The van der Waals surface area contributed by atoms with Crippen LogP contribution in [0.4, 0.5) is 36.8 Å². The van der Waals surface area contributed by atoms with E-state index >= 15 is 0 Å². The van der Waals surface area contributed by atoms with Crippen molar-refractivity contribution in [3.63, 3.8) is 0 Å². The van der Waals surface area contributed by atoms with Gasteiger partial charge in [-0.05, 0) is 36.5 Å². The molecule has 34 heavy (non-hydrogen) atoms. The maximum atomic E-state index is 12.7. The highest BCUT2D eigenvalue weighted by Crippen LogP contribution is 2.36. The van der Waals surface area contributed by atoms with Gasteiger partial charge in [0.15, 0.2) is 0 Å². The lowest BCUT2D eigenvalue weighted by molar-refractivity contribution is -0.308. The Bertz CT molecular complexity index is 824. The monoisotopic (exact) mass is 517 g/mol. The van der Waals surface area contributed by atoms with Gasteiger partial charge in [-0.1, -0.05) is 17.7 Å². The van der Waals surface area contributed by atoms with Crippen LogP contribution < -0.4 is 4.90 Å². The molecule has 6 nitrogen and oxygen atoms in total. The smallest absolute Gasteiger partial charge is 0.426 e. The number of alkyl halides is 6. The summed E-state index contributed by atoms with van der Waals surface area (Å²) in [6.45, 7) is 2.53. The van der Waals surface area contributed by atoms with Crippen LogP contribution in [0.3, 0.4) is 0 Å². The molecule has 0 spiro atoms. The van der Waals surface area contributed by atoms with Crippen molar-refractivity contribution in [2.75, 3.05) is 50.8 Å². The summed E-state index contributed by atoms with van der Waals surface area (Å²) in [6.07, 6.45) is -15.6. The molecule has 1 amide bonds. The quantitative estimate of drug-likeness (QED) is 0.590. The lowest BCUT2D eigenvalue weighted by atomic mass is 9.97. The van der Waals surface area contributed by atoms with Crippen molar-refractivity contribution in [3.8, 4) is 0 Å². The third-order valence-electron chi connectivity index (χ3n) is 6.10. The summed E-state index contributed by atoms with van der Waals surface area (Å²) < 4.78 is 79.7. The van der Waals surface area contributed by atoms with Crippen molar-refractivity contribution in [2.45, 2.75) is 37.8 Å². The third-order valence-corrected chi connectivity index (χ3v) is 6.33. The van der Waals surface area contributed by atoms with Gasteiger partial charge in [0.2, 0.25) is 0 Å². The Morgan fingerprint density at radius 3 is 2.15 bits per heavy atom. The first kappa shape index (κ1) is 26.7. The SMILES string of the molecule is O=C(OC(C(F)(F)F)C(F)(F)F)N1CCN(Cc2ccc(Cl)cc2N2CCC(CO)CC2)CC1. The number of hydrogen-bond acceptors (Lipinski definition) is 5. The predicted octanol–water partition coefficient (Wildman–Crippen LogP) is 4.30. The van der Waals surface area contributed by atoms with Gasteiger partial charge in [-0.2, -0.15) is 26.3 Å². The van der Waals surface area contributed by atoms with Crippen LogP contribution in [-0.2, 0) is 11.3 Å². The second-order valence-electron chi connectivity index (χ2n) is 8.50. The molecule has 0 saturated carbocycles. The Hall–Kier alpha value is -1.92. The highest BCUT2D eigenvalue weighted by molar-refractivity contribution is 6.30. The number of carbonyl (C=O) groups excluding carboxylic acids is 1. The van der Waals surface area contributed by atoms with Crippen molar-refractivity contribution < 1.29 is 41.0 Å². The molecular formula is C21H26ClF6N3O3. The Balaban J connectivity index is 1.59. The van der Waals surface area contributed by atoms with Gasteiger partial charge < -0.3 is 19.6 Å². The topological polar surface area (TPSA) is 56.2 Å². The van der Waals surface area contributed by atoms with E-state index in [-0.39, 0.29) is 38.7 Å². The third kappa shape index (κ3) is 6.82. The Morgan fingerprint density at radius 1 is 1.03 bits per heavy atom. The highest BCUT2D eigenvalue weighted by atomic mass is 35.5. The molecular weight excluding hydrogens is 492 g/mol. The van der Waals surface area contributed by atoms with E-state index in [0.29, 0.717) is 11.6 Å². The number of ether oxygens (including phenoxy) is 1. The fraction of sp³-hybridized carbons (Fsp3) is 0.667. The molecule has 0 radical (unpaired) electrons. The van der Waals surface area contributed by atoms with E-state index in [4.69, 9.17) is 11.6 Å². The summed E-state index contributed by atoms with van der Waals surface area (Å²) >= 11 is 6.20. The van der Waals surface area contributed by atoms with Crippen LogP contribution in [0.2, 0.25) is 5.02 Å². The van der Waals surface area contributed by atoms with Gasteiger partial charge in [-0.15, -0.1) is 0 Å². The van der Waals surface area contributed by atoms with Gasteiger partial charge in [-0.25, -0.2) is 4.79 Å². The standard InChI is InChI=1S/C21H26ClF6N3O3/c22-16-2-1-15(17(11-16)30-5-3-14(13-32)4-6-30)12-29-7-9-31(10-8-29)19(33)34-18(20(23,24)25)21(26,27)28/h1-2,11,14,18,32H,3-10,12-13H2. The van der Waals surface area contributed by atoms with Gasteiger partial charge in [0.25, 0.3) is 6.10 Å². The van der Waals surface area contributed by atoms with Crippen molar-refractivity contribution in [3.05, 3.63) is 28.8 Å². The molecule has 1 aromatic rings. The number of rotatable bonds is 5. The average Bonchev–Trinajstić information content (AvgIpc) is 2.77. The minimum Gasteiger partial charge on any atom is -0.426 e. The maximum absolute atomic E-state index is 12.7. The number of amides is 1. The van der Waals surface area contributed by atoms with Crippen molar-refractivity contribution in [1.82, 2.24) is 9.80 Å². The lowest BCUT2D eigenvalue weighted by Gasteiger charge is -2.37. The van der Waals surface area contributed by atoms with Crippen LogP contribution in [0.1, 0.15) is 18.4 Å². The first-order valence-electron chi connectivity index (χ1n) is 10.8. The molecule has 0 unspecified atom stereocenters. The van der Waals surface area contributed by atoms with E-state index in [1.54, 1.807) is 6.07 Å². The Morgan fingerprint density at radius 2 is 1.62 bits per heavy atom. The summed E-state index contributed by atoms with van der Waals surface area (Å²) in [7, 11) is 0. The van der Waals surface area contributed by atoms with E-state index in [0.717, 1.165) is 42.1 Å². The number of aliphatic hydroxyl groups excluding tert-OH is 1. The molecule has 2 heterocycles. The van der Waals surface area contributed by atoms with Crippen LogP contribution in [-0.4, -0.2) is 85.3 Å². The van der Waals surface area contributed by atoms with Gasteiger partial charge in [0.05, 0.1) is 0 Å². The molecule has 3 rings (SSSR count). The molecule has 0 aliphatic carbocycles. The number of anilines is 1. The van der Waals surface area contributed by atoms with Gasteiger partial charge in [0, 0.05) is 63.1 Å². The van der Waals surface area contributed by atoms with E-state index in [2.05, 4.69) is 9.64 Å². The molecule has 1 N–H and O–H groups in total. The zero-order valence-electron chi connectivity index (χ0n) is 18.2. The van der Waals surface area contributed by atoms with Crippen LogP contribution in [0.25, 0.3) is 0 Å². The summed E-state index contributed by atoms with van der Waals surface area (Å²) in [5.74, 6) is 0.265. The second-order valence-corrected chi connectivity index (χ2v) is 8.93. The zero-order valence-corrected chi connectivity index (χ0v) is 19.0. The van der Waals surface area contributed by atoms with E-state index in [9.17, 15) is 36.2 Å². The molecule has 2 aliphatic rings. The molecule has 2 aliphatic heterocycles. The largest absolute Gasteiger partial charge is 0.434 e. The molecule has 2 fully saturated rings. The number of benzene rings is 1. The molecule has 0 atom stereocenters. The van der Waals surface area contributed by atoms with Gasteiger partial charge in [0.1, 0.15) is 0 Å². The number of halogens is 7. The molecule has 1 aromatic carbocycles. The summed E-state index contributed by atoms with van der Waals surface area (Å²) in [5.41, 5.74) is 1.92. The fourth-order valence-electron chi connectivity index (χ4n) is 4.15. The Kier molecular flexibility index (Phi) is 8.46. The van der Waals surface area contributed by atoms with Gasteiger partial charge in [-0.3, -0.25) is 4.90 Å². The predicted molar refractivity (Wildman–Crippen MR) is 113 cm³/mol. The Labute approximate surface area is 198 Å². The first-order valence-corrected chi connectivity index (χ1v) is 11.2. The number of piperidine rings is 1. The minimum atomic E-state index is -5.74. The van der Waals surface area contributed by atoms with Crippen molar-refractivity contribution in [1.29, 1.82) is 0 Å². The molecule has 0 bridgehead atoms. The van der Waals surface area contributed by atoms with Crippen LogP contribution >= 0.6 is 11.6 Å². The average molecular weight is 518 g/mol.